The third-order valence-corrected chi connectivity index (χ3v) is 5.64. The van der Waals surface area contributed by atoms with Gasteiger partial charge in [0.25, 0.3) is 5.91 Å². The van der Waals surface area contributed by atoms with Crippen LogP contribution < -0.4 is 18.9 Å². The number of aliphatic hydroxyl groups is 1. The highest BCUT2D eigenvalue weighted by Gasteiger charge is 2.40. The Morgan fingerprint density at radius 3 is 2.68 bits per heavy atom. The predicted octanol–water partition coefficient (Wildman–Crippen LogP) is -0.289. The molecule has 25 heavy (non-hydrogen) atoms. The van der Waals surface area contributed by atoms with Crippen LogP contribution in [0.3, 0.4) is 0 Å². The van der Waals surface area contributed by atoms with Crippen molar-refractivity contribution in [1.82, 2.24) is 9.62 Å². The molecule has 0 aromatic heterocycles. The molecule has 1 amide bonds. The van der Waals surface area contributed by atoms with Crippen LogP contribution in [0.5, 0.6) is 17.2 Å². The zero-order valence-corrected chi connectivity index (χ0v) is 15.0. The Morgan fingerprint density at radius 1 is 1.36 bits per heavy atom. The van der Waals surface area contributed by atoms with Crippen LogP contribution in [-0.2, 0) is 16.4 Å². The number of aliphatic hydroxyl groups excluding tert-OH is 1. The Hall–Kier alpha value is -2.04. The molecule has 2 N–H and O–H groups in total. The fraction of sp³-hybridized carbons (Fsp3) is 0.533. The number of nitrogens with one attached hydrogen (secondary N) is 1. The normalized spacial score (nSPS) is 17.4. The molecule has 0 unspecified atom stereocenters. The van der Waals surface area contributed by atoms with Gasteiger partial charge in [-0.25, -0.2) is 13.1 Å². The molecule has 0 bridgehead atoms. The van der Waals surface area contributed by atoms with Gasteiger partial charge in [-0.1, -0.05) is 0 Å². The molecule has 0 saturated carbocycles. The summed E-state index contributed by atoms with van der Waals surface area (Å²) in [5.74, 6) is -0.0368. The van der Waals surface area contributed by atoms with Gasteiger partial charge < -0.3 is 24.2 Å². The molecule has 2 aliphatic rings. The smallest absolute Gasteiger partial charge is 0.257 e. The van der Waals surface area contributed by atoms with Crippen molar-refractivity contribution in [2.24, 2.45) is 0 Å². The maximum atomic E-state index is 12.8. The maximum Gasteiger partial charge on any atom is 0.257 e. The molecule has 1 aromatic rings. The summed E-state index contributed by atoms with van der Waals surface area (Å²) < 4.78 is 44.1. The standard InChI is InChI=1S/C15H20N2O7S/c1-8(18)6-16-25(20,21)14-9-4-5-17(2)15(19)10(9)11(22-3)12-13(14)24-7-23-12/h8,16,18H,4-7H2,1-3H3/t8-/m0/s1. The Bertz CT molecular complexity index is 820. The van der Waals surface area contributed by atoms with Gasteiger partial charge >= 0.3 is 0 Å². The van der Waals surface area contributed by atoms with Crippen LogP contribution in [0, 0.1) is 0 Å². The van der Waals surface area contributed by atoms with Gasteiger partial charge in [-0.3, -0.25) is 4.79 Å². The minimum Gasteiger partial charge on any atom is -0.492 e. The van der Waals surface area contributed by atoms with Gasteiger partial charge in [0.1, 0.15) is 4.90 Å². The average molecular weight is 372 g/mol. The van der Waals surface area contributed by atoms with Crippen LogP contribution in [0.15, 0.2) is 4.90 Å². The molecule has 3 rings (SSSR count). The Kier molecular flexibility index (Phi) is 4.52. The molecular weight excluding hydrogens is 352 g/mol. The Labute approximate surface area is 145 Å². The summed E-state index contributed by atoms with van der Waals surface area (Å²) in [4.78, 5) is 14.0. The molecule has 0 radical (unpaired) electrons. The van der Waals surface area contributed by atoms with Gasteiger partial charge in [0.2, 0.25) is 22.6 Å². The van der Waals surface area contributed by atoms with Crippen LogP contribution in [0.25, 0.3) is 0 Å². The van der Waals surface area contributed by atoms with Gasteiger partial charge in [0.15, 0.2) is 11.5 Å². The number of carbonyl (C=O) groups excluding carboxylic acids is 1. The van der Waals surface area contributed by atoms with E-state index in [0.29, 0.717) is 18.5 Å². The number of hydrogen-bond donors (Lipinski definition) is 2. The lowest BCUT2D eigenvalue weighted by Gasteiger charge is -2.28. The summed E-state index contributed by atoms with van der Waals surface area (Å²) in [5, 5.41) is 9.39. The lowest BCUT2D eigenvalue weighted by Crippen LogP contribution is -2.37. The van der Waals surface area contributed by atoms with Gasteiger partial charge in [-0.15, -0.1) is 0 Å². The number of ether oxygens (including phenoxy) is 3. The fourth-order valence-corrected chi connectivity index (χ4v) is 4.46. The maximum absolute atomic E-state index is 12.8. The molecular formula is C15H20N2O7S. The Balaban J connectivity index is 2.26. The number of sulfonamides is 1. The first kappa shape index (κ1) is 17.8. The molecule has 0 aliphatic carbocycles. The first-order valence-electron chi connectivity index (χ1n) is 7.73. The minimum absolute atomic E-state index is 0.0334. The van der Waals surface area contributed by atoms with E-state index in [-0.39, 0.29) is 47.0 Å². The van der Waals surface area contributed by atoms with E-state index in [2.05, 4.69) is 4.72 Å². The quantitative estimate of drug-likeness (QED) is 0.730. The molecule has 2 aliphatic heterocycles. The average Bonchev–Trinajstić information content (AvgIpc) is 3.03. The lowest BCUT2D eigenvalue weighted by molar-refractivity contribution is 0.0775. The zero-order valence-electron chi connectivity index (χ0n) is 14.2. The number of hydrogen-bond acceptors (Lipinski definition) is 7. The predicted molar refractivity (Wildman–Crippen MR) is 86.7 cm³/mol. The van der Waals surface area contributed by atoms with Gasteiger partial charge in [-0.2, -0.15) is 0 Å². The first-order valence-corrected chi connectivity index (χ1v) is 9.21. The molecule has 2 heterocycles. The van der Waals surface area contributed by atoms with Crippen molar-refractivity contribution in [1.29, 1.82) is 0 Å². The summed E-state index contributed by atoms with van der Waals surface area (Å²) in [5.41, 5.74) is 0.500. The summed E-state index contributed by atoms with van der Waals surface area (Å²) >= 11 is 0. The fourth-order valence-electron chi connectivity index (χ4n) is 2.93. The lowest BCUT2D eigenvalue weighted by atomic mass is 9.97. The monoisotopic (exact) mass is 372 g/mol. The summed E-state index contributed by atoms with van der Waals surface area (Å²) in [7, 11) is -1.01. The number of rotatable bonds is 5. The molecule has 9 nitrogen and oxygen atoms in total. The number of fused-ring (bicyclic) bond motifs is 2. The highest BCUT2D eigenvalue weighted by Crippen LogP contribution is 2.51. The molecule has 1 aromatic carbocycles. The van der Waals surface area contributed by atoms with Crippen molar-refractivity contribution in [3.05, 3.63) is 11.1 Å². The largest absolute Gasteiger partial charge is 0.492 e. The zero-order chi connectivity index (χ0) is 18.4. The van der Waals surface area contributed by atoms with E-state index in [1.165, 1.54) is 18.9 Å². The van der Waals surface area contributed by atoms with Crippen molar-refractivity contribution >= 4 is 15.9 Å². The molecule has 0 saturated heterocycles. The van der Waals surface area contributed by atoms with Crippen LogP contribution in [0.2, 0.25) is 0 Å². The highest BCUT2D eigenvalue weighted by atomic mass is 32.2. The summed E-state index contributed by atoms with van der Waals surface area (Å²) in [6, 6.07) is 0. The van der Waals surface area contributed by atoms with Gasteiger partial charge in [0.05, 0.1) is 18.8 Å². The molecule has 0 spiro atoms. The van der Waals surface area contributed by atoms with E-state index in [9.17, 15) is 18.3 Å². The van der Waals surface area contributed by atoms with Crippen molar-refractivity contribution in [2.75, 3.05) is 34.0 Å². The number of likely N-dealkylation sites (N-methyl/N-ethyl adjacent to an activating group) is 1. The van der Waals surface area contributed by atoms with Crippen LogP contribution >= 0.6 is 0 Å². The van der Waals surface area contributed by atoms with E-state index >= 15 is 0 Å². The summed E-state index contributed by atoms with van der Waals surface area (Å²) in [6.07, 6.45) is -0.531. The van der Waals surface area contributed by atoms with Crippen molar-refractivity contribution in [3.8, 4) is 17.2 Å². The Morgan fingerprint density at radius 2 is 2.04 bits per heavy atom. The topological polar surface area (TPSA) is 114 Å². The molecule has 10 heteroatoms. The second-order valence-electron chi connectivity index (χ2n) is 5.96. The van der Waals surface area contributed by atoms with E-state index in [4.69, 9.17) is 14.2 Å². The van der Waals surface area contributed by atoms with E-state index in [0.717, 1.165) is 0 Å². The van der Waals surface area contributed by atoms with E-state index in [1.807, 2.05) is 0 Å². The second kappa shape index (κ2) is 6.36. The van der Waals surface area contributed by atoms with Crippen molar-refractivity contribution in [2.45, 2.75) is 24.3 Å². The molecule has 1 atom stereocenters. The SMILES string of the molecule is COc1c2c(c(S(=O)(=O)NC[C@H](C)O)c3c1C(=O)N(C)CC3)OCO2. The number of methoxy groups -OCH3 is 1. The van der Waals surface area contributed by atoms with Crippen molar-refractivity contribution in [3.63, 3.8) is 0 Å². The third-order valence-electron chi connectivity index (χ3n) is 4.13. The number of amides is 1. The number of carbonyl (C=O) groups is 1. The van der Waals surface area contributed by atoms with Crippen LogP contribution in [0.1, 0.15) is 22.8 Å². The molecule has 138 valence electrons. The molecule has 0 fully saturated rings. The van der Waals surface area contributed by atoms with Gasteiger partial charge in [0, 0.05) is 20.1 Å². The van der Waals surface area contributed by atoms with Crippen LogP contribution in [-0.4, -0.2) is 64.5 Å². The second-order valence-corrected chi connectivity index (χ2v) is 7.66. The first-order chi connectivity index (χ1) is 11.8. The minimum atomic E-state index is -4.03. The van der Waals surface area contributed by atoms with E-state index < -0.39 is 16.1 Å². The summed E-state index contributed by atoms with van der Waals surface area (Å²) in [6.45, 7) is 1.51. The van der Waals surface area contributed by atoms with Crippen LogP contribution in [0.4, 0.5) is 0 Å². The number of benzene rings is 1. The van der Waals surface area contributed by atoms with E-state index in [1.54, 1.807) is 7.05 Å². The third kappa shape index (κ3) is 2.90. The highest BCUT2D eigenvalue weighted by molar-refractivity contribution is 7.89. The number of nitrogens with zero attached hydrogens (tertiary/aromatic N) is 1. The van der Waals surface area contributed by atoms with Crippen molar-refractivity contribution < 1.29 is 32.5 Å². The van der Waals surface area contributed by atoms with Gasteiger partial charge in [-0.05, 0) is 18.9 Å².